The van der Waals surface area contributed by atoms with Gasteiger partial charge in [0.1, 0.15) is 12.6 Å². The van der Waals surface area contributed by atoms with Crippen LogP contribution in [0.4, 0.5) is 5.69 Å². The Morgan fingerprint density at radius 2 is 1.60 bits per heavy atom. The molecule has 0 spiro atoms. The van der Waals surface area contributed by atoms with Gasteiger partial charge in [0.25, 0.3) is 10.0 Å². The third kappa shape index (κ3) is 7.56. The summed E-state index contributed by atoms with van der Waals surface area (Å²) in [4.78, 5) is 28.6. The van der Waals surface area contributed by atoms with Crippen LogP contribution in [0.15, 0.2) is 71.6 Å². The van der Waals surface area contributed by atoms with Gasteiger partial charge < -0.3 is 10.2 Å². The van der Waals surface area contributed by atoms with E-state index in [1.165, 1.54) is 17.0 Å². The minimum Gasteiger partial charge on any atom is -0.352 e. The van der Waals surface area contributed by atoms with Crippen LogP contribution in [0.5, 0.6) is 0 Å². The van der Waals surface area contributed by atoms with Crippen LogP contribution >= 0.6 is 23.2 Å². The first-order valence-corrected chi connectivity index (χ1v) is 15.2. The molecule has 2 unspecified atom stereocenters. The van der Waals surface area contributed by atoms with Crippen molar-refractivity contribution in [1.82, 2.24) is 10.2 Å². The fraction of sp³-hybridized carbons (Fsp3) is 0.333. The van der Waals surface area contributed by atoms with Crippen molar-refractivity contribution in [2.24, 2.45) is 0 Å². The summed E-state index contributed by atoms with van der Waals surface area (Å²) in [5.74, 6) is -0.901. The van der Waals surface area contributed by atoms with Gasteiger partial charge in [-0.1, -0.05) is 66.0 Å². The van der Waals surface area contributed by atoms with E-state index < -0.39 is 28.5 Å². The van der Waals surface area contributed by atoms with E-state index in [-0.39, 0.29) is 23.4 Å². The summed E-state index contributed by atoms with van der Waals surface area (Å²) in [6.45, 7) is 8.52. The SMILES string of the molecule is CCC(C)NC(=O)C(C)N(Cc1ccccc1Cl)C(=O)CN(c1ccc(Cl)cc1C)S(=O)(=O)c1ccc(C)cc1. The van der Waals surface area contributed by atoms with Crippen LogP contribution in [0, 0.1) is 13.8 Å². The zero-order valence-electron chi connectivity index (χ0n) is 23.3. The summed E-state index contributed by atoms with van der Waals surface area (Å²) in [6.07, 6.45) is 0.718. The Hall–Kier alpha value is -3.07. The van der Waals surface area contributed by atoms with Gasteiger partial charge in [-0.2, -0.15) is 0 Å². The zero-order chi connectivity index (χ0) is 29.6. The quantitative estimate of drug-likeness (QED) is 0.285. The lowest BCUT2D eigenvalue weighted by atomic mass is 10.1. The molecule has 3 aromatic rings. The van der Waals surface area contributed by atoms with Gasteiger partial charge in [0.15, 0.2) is 0 Å². The maximum absolute atomic E-state index is 14.0. The molecule has 7 nitrogen and oxygen atoms in total. The van der Waals surface area contributed by atoms with Crippen molar-refractivity contribution >= 4 is 50.7 Å². The van der Waals surface area contributed by atoms with Gasteiger partial charge in [-0.05, 0) is 81.6 Å². The Morgan fingerprint density at radius 3 is 2.20 bits per heavy atom. The number of anilines is 1. The number of aryl methyl sites for hydroxylation is 2. The summed E-state index contributed by atoms with van der Waals surface area (Å²) in [7, 11) is -4.17. The normalized spacial score (nSPS) is 12.9. The van der Waals surface area contributed by atoms with Crippen molar-refractivity contribution in [3.8, 4) is 0 Å². The smallest absolute Gasteiger partial charge is 0.264 e. The van der Waals surface area contributed by atoms with Crippen molar-refractivity contribution < 1.29 is 18.0 Å². The topological polar surface area (TPSA) is 86.8 Å². The zero-order valence-corrected chi connectivity index (χ0v) is 25.6. The molecule has 0 aliphatic heterocycles. The second kappa shape index (κ2) is 13.5. The van der Waals surface area contributed by atoms with Crippen molar-refractivity contribution in [2.75, 3.05) is 10.8 Å². The second-order valence-electron chi connectivity index (χ2n) is 9.86. The summed E-state index contributed by atoms with van der Waals surface area (Å²) in [5, 5.41) is 3.79. The highest BCUT2D eigenvalue weighted by Crippen LogP contribution is 2.30. The number of hydrogen-bond acceptors (Lipinski definition) is 4. The van der Waals surface area contributed by atoms with Gasteiger partial charge in [0.2, 0.25) is 11.8 Å². The van der Waals surface area contributed by atoms with E-state index >= 15 is 0 Å². The van der Waals surface area contributed by atoms with Gasteiger partial charge >= 0.3 is 0 Å². The molecule has 0 saturated heterocycles. The maximum Gasteiger partial charge on any atom is 0.264 e. The maximum atomic E-state index is 14.0. The molecule has 1 N–H and O–H groups in total. The molecular weight excluding hydrogens is 569 g/mol. The number of halogens is 2. The number of hydrogen-bond donors (Lipinski definition) is 1. The largest absolute Gasteiger partial charge is 0.352 e. The van der Waals surface area contributed by atoms with E-state index in [1.807, 2.05) is 20.8 Å². The Morgan fingerprint density at radius 1 is 0.950 bits per heavy atom. The highest BCUT2D eigenvalue weighted by Gasteiger charge is 2.33. The molecule has 2 amide bonds. The molecule has 0 aliphatic carbocycles. The summed E-state index contributed by atoms with van der Waals surface area (Å²) in [5.41, 5.74) is 2.43. The number of nitrogens with zero attached hydrogens (tertiary/aromatic N) is 2. The first kappa shape index (κ1) is 31.5. The first-order chi connectivity index (χ1) is 18.8. The molecule has 0 radical (unpaired) electrons. The number of sulfonamides is 1. The van der Waals surface area contributed by atoms with Crippen LogP contribution in [-0.4, -0.2) is 43.8 Å². The molecule has 214 valence electrons. The number of amides is 2. The molecule has 0 bridgehead atoms. The van der Waals surface area contributed by atoms with E-state index in [2.05, 4.69) is 5.32 Å². The molecule has 0 fully saturated rings. The highest BCUT2D eigenvalue weighted by atomic mass is 35.5. The lowest BCUT2D eigenvalue weighted by Crippen LogP contribution is -2.52. The average Bonchev–Trinajstić information content (AvgIpc) is 2.91. The molecule has 3 aromatic carbocycles. The van der Waals surface area contributed by atoms with Gasteiger partial charge in [0, 0.05) is 22.6 Å². The minimum atomic E-state index is -4.17. The standard InChI is InChI=1S/C30H35Cl2N3O4S/c1-6-22(4)33-30(37)23(5)34(18-24-9-7-8-10-27(24)32)29(36)19-35(28-16-13-25(31)17-21(28)3)40(38,39)26-14-11-20(2)12-15-26/h7-17,22-23H,6,18-19H2,1-5H3,(H,33,37). The fourth-order valence-corrected chi connectivity index (χ4v) is 6.01. The predicted octanol–water partition coefficient (Wildman–Crippen LogP) is 6.14. The molecular formula is C30H35Cl2N3O4S. The molecule has 10 heteroatoms. The van der Waals surface area contributed by atoms with Crippen LogP contribution in [0.25, 0.3) is 0 Å². The lowest BCUT2D eigenvalue weighted by molar-refractivity contribution is -0.139. The van der Waals surface area contributed by atoms with Crippen molar-refractivity contribution in [3.63, 3.8) is 0 Å². The van der Waals surface area contributed by atoms with Crippen LogP contribution < -0.4 is 9.62 Å². The number of carbonyl (C=O) groups is 2. The van der Waals surface area contributed by atoms with Crippen molar-refractivity contribution in [2.45, 2.75) is 64.6 Å². The number of rotatable bonds is 11. The fourth-order valence-electron chi connectivity index (χ4n) is 4.11. The van der Waals surface area contributed by atoms with Crippen molar-refractivity contribution in [3.05, 3.63) is 93.5 Å². The Kier molecular flexibility index (Phi) is 10.6. The summed E-state index contributed by atoms with van der Waals surface area (Å²) >= 11 is 12.6. The second-order valence-corrected chi connectivity index (χ2v) is 12.6. The van der Waals surface area contributed by atoms with Crippen LogP contribution in [-0.2, 0) is 26.2 Å². The van der Waals surface area contributed by atoms with Crippen LogP contribution in [0.3, 0.4) is 0 Å². The minimum absolute atomic E-state index is 0.0195. The molecule has 3 rings (SSSR count). The molecule has 40 heavy (non-hydrogen) atoms. The predicted molar refractivity (Wildman–Crippen MR) is 161 cm³/mol. The average molecular weight is 605 g/mol. The van der Waals surface area contributed by atoms with Gasteiger partial charge in [-0.15, -0.1) is 0 Å². The Labute approximate surface area is 247 Å². The molecule has 0 heterocycles. The summed E-state index contributed by atoms with van der Waals surface area (Å²) < 4.78 is 29.0. The van der Waals surface area contributed by atoms with E-state index in [9.17, 15) is 18.0 Å². The van der Waals surface area contributed by atoms with Crippen molar-refractivity contribution in [1.29, 1.82) is 0 Å². The van der Waals surface area contributed by atoms with Crippen LogP contribution in [0.2, 0.25) is 10.0 Å². The van der Waals surface area contributed by atoms with E-state index in [0.29, 0.717) is 26.9 Å². The molecule has 0 aliphatic rings. The number of benzene rings is 3. The van der Waals surface area contributed by atoms with E-state index in [0.717, 1.165) is 16.3 Å². The first-order valence-electron chi connectivity index (χ1n) is 13.0. The number of carbonyl (C=O) groups excluding carboxylic acids is 2. The Bertz CT molecular complexity index is 1460. The Balaban J connectivity index is 2.07. The van der Waals surface area contributed by atoms with Gasteiger partial charge in [-0.25, -0.2) is 8.42 Å². The molecule has 0 aromatic heterocycles. The van der Waals surface area contributed by atoms with Gasteiger partial charge in [0.05, 0.1) is 10.6 Å². The third-order valence-electron chi connectivity index (χ3n) is 6.78. The van der Waals surface area contributed by atoms with Gasteiger partial charge in [-0.3, -0.25) is 13.9 Å². The van der Waals surface area contributed by atoms with E-state index in [4.69, 9.17) is 23.2 Å². The molecule has 2 atom stereocenters. The monoisotopic (exact) mass is 603 g/mol. The third-order valence-corrected chi connectivity index (χ3v) is 9.16. The number of nitrogens with one attached hydrogen (secondary N) is 1. The van der Waals surface area contributed by atoms with Crippen LogP contribution in [0.1, 0.15) is 43.9 Å². The lowest BCUT2D eigenvalue weighted by Gasteiger charge is -2.33. The molecule has 0 saturated carbocycles. The summed E-state index contributed by atoms with van der Waals surface area (Å²) in [6, 6.07) is 17.3. The highest BCUT2D eigenvalue weighted by molar-refractivity contribution is 7.92. The van der Waals surface area contributed by atoms with E-state index in [1.54, 1.807) is 68.4 Å².